The van der Waals surface area contributed by atoms with Crippen molar-refractivity contribution >= 4 is 12.1 Å². The minimum atomic E-state index is -4.44. The Morgan fingerprint density at radius 1 is 1.21 bits per heavy atom. The molecule has 0 radical (unpaired) electrons. The summed E-state index contributed by atoms with van der Waals surface area (Å²) in [6.45, 7) is 0. The Bertz CT molecular complexity index is 743. The highest BCUT2D eigenvalue weighted by Crippen LogP contribution is 2.29. The van der Waals surface area contributed by atoms with E-state index in [1.54, 1.807) is 24.3 Å². The van der Waals surface area contributed by atoms with Gasteiger partial charge in [-0.15, -0.1) is 0 Å². The van der Waals surface area contributed by atoms with Gasteiger partial charge in [0, 0.05) is 5.56 Å². The van der Waals surface area contributed by atoms with Crippen molar-refractivity contribution in [3.8, 4) is 5.75 Å². The number of carbonyl (C=O) groups excluding carboxylic acids is 1. The first-order valence-electron chi connectivity index (χ1n) is 7.01. The number of rotatable bonds is 5. The summed E-state index contributed by atoms with van der Waals surface area (Å²) >= 11 is 0. The standard InChI is InChI=1S/C17H15F3N2O2/c1-24-15-8-3-2-6-13(15)11-21-22-16(23)10-12-5-4-7-14(9-12)17(18,19)20/h2-9,11H,10H2,1H3,(H,22,23)/b21-11-. The van der Waals surface area contributed by atoms with Gasteiger partial charge in [0.05, 0.1) is 25.3 Å². The molecular weight excluding hydrogens is 321 g/mol. The molecule has 0 aliphatic heterocycles. The Hall–Kier alpha value is -2.83. The fourth-order valence-corrected chi connectivity index (χ4v) is 2.03. The van der Waals surface area contributed by atoms with Gasteiger partial charge in [-0.25, -0.2) is 5.43 Å². The Balaban J connectivity index is 1.98. The molecule has 0 aliphatic rings. The predicted octanol–water partition coefficient (Wildman–Crippen LogP) is 3.41. The van der Waals surface area contributed by atoms with Gasteiger partial charge in [0.25, 0.3) is 0 Å². The normalized spacial score (nSPS) is 11.5. The van der Waals surface area contributed by atoms with E-state index >= 15 is 0 Å². The predicted molar refractivity (Wildman–Crippen MR) is 83.9 cm³/mol. The number of halogens is 3. The maximum atomic E-state index is 12.6. The van der Waals surface area contributed by atoms with Crippen molar-refractivity contribution < 1.29 is 22.7 Å². The lowest BCUT2D eigenvalue weighted by atomic mass is 10.1. The Morgan fingerprint density at radius 2 is 1.96 bits per heavy atom. The summed E-state index contributed by atoms with van der Waals surface area (Å²) in [6, 6.07) is 11.7. The summed E-state index contributed by atoms with van der Waals surface area (Å²) in [6.07, 6.45) is -3.23. The molecule has 4 nitrogen and oxygen atoms in total. The van der Waals surface area contributed by atoms with Crippen LogP contribution in [0, 0.1) is 0 Å². The van der Waals surface area contributed by atoms with Crippen LogP contribution in [0.1, 0.15) is 16.7 Å². The molecular formula is C17H15F3N2O2. The Labute approximate surface area is 137 Å². The highest BCUT2D eigenvalue weighted by atomic mass is 19.4. The maximum absolute atomic E-state index is 12.6. The Morgan fingerprint density at radius 3 is 2.67 bits per heavy atom. The third-order valence-corrected chi connectivity index (χ3v) is 3.15. The fourth-order valence-electron chi connectivity index (χ4n) is 2.03. The number of benzene rings is 2. The summed E-state index contributed by atoms with van der Waals surface area (Å²) < 4.78 is 43.0. The average Bonchev–Trinajstić information content (AvgIpc) is 2.55. The average molecular weight is 336 g/mol. The van der Waals surface area contributed by atoms with E-state index < -0.39 is 17.6 Å². The summed E-state index contributed by atoms with van der Waals surface area (Å²) in [5.74, 6) is 0.0776. The molecule has 0 fully saturated rings. The van der Waals surface area contributed by atoms with Crippen LogP contribution in [0.4, 0.5) is 13.2 Å². The third kappa shape index (κ3) is 4.84. The zero-order valence-electron chi connectivity index (χ0n) is 12.8. The van der Waals surface area contributed by atoms with Crippen molar-refractivity contribution in [2.45, 2.75) is 12.6 Å². The zero-order chi connectivity index (χ0) is 17.6. The maximum Gasteiger partial charge on any atom is 0.416 e. The quantitative estimate of drug-likeness (QED) is 0.672. The molecule has 0 saturated heterocycles. The molecule has 1 amide bonds. The van der Waals surface area contributed by atoms with E-state index in [0.29, 0.717) is 11.3 Å². The second-order valence-electron chi connectivity index (χ2n) is 4.91. The van der Waals surface area contributed by atoms with Crippen LogP contribution < -0.4 is 10.2 Å². The van der Waals surface area contributed by atoms with Crippen LogP contribution in [-0.4, -0.2) is 19.2 Å². The number of nitrogens with zero attached hydrogens (tertiary/aromatic N) is 1. The largest absolute Gasteiger partial charge is 0.496 e. The minimum Gasteiger partial charge on any atom is -0.496 e. The van der Waals surface area contributed by atoms with Gasteiger partial charge in [-0.05, 0) is 23.8 Å². The number of ether oxygens (including phenoxy) is 1. The van der Waals surface area contributed by atoms with Crippen molar-refractivity contribution in [2.24, 2.45) is 5.10 Å². The van der Waals surface area contributed by atoms with E-state index in [0.717, 1.165) is 12.1 Å². The van der Waals surface area contributed by atoms with E-state index in [1.807, 2.05) is 0 Å². The molecule has 0 heterocycles. The number of amides is 1. The topological polar surface area (TPSA) is 50.7 Å². The number of hydrogen-bond donors (Lipinski definition) is 1. The molecule has 24 heavy (non-hydrogen) atoms. The lowest BCUT2D eigenvalue weighted by Crippen LogP contribution is -2.20. The SMILES string of the molecule is COc1ccccc1/C=N\NC(=O)Cc1cccc(C(F)(F)F)c1. The first-order valence-corrected chi connectivity index (χ1v) is 7.01. The molecule has 0 atom stereocenters. The molecule has 0 saturated carbocycles. The van der Waals surface area contributed by atoms with Gasteiger partial charge in [0.1, 0.15) is 5.75 Å². The molecule has 1 N–H and O–H groups in total. The highest BCUT2D eigenvalue weighted by molar-refractivity contribution is 5.85. The third-order valence-electron chi connectivity index (χ3n) is 3.15. The second kappa shape index (κ2) is 7.63. The highest BCUT2D eigenvalue weighted by Gasteiger charge is 2.30. The van der Waals surface area contributed by atoms with E-state index in [4.69, 9.17) is 4.74 Å². The number of para-hydroxylation sites is 1. The van der Waals surface area contributed by atoms with Crippen LogP contribution >= 0.6 is 0 Å². The monoisotopic (exact) mass is 336 g/mol. The lowest BCUT2D eigenvalue weighted by molar-refractivity contribution is -0.137. The second-order valence-corrected chi connectivity index (χ2v) is 4.91. The van der Waals surface area contributed by atoms with Crippen molar-refractivity contribution in [2.75, 3.05) is 7.11 Å². The number of hydrogen-bond acceptors (Lipinski definition) is 3. The molecule has 0 aromatic heterocycles. The van der Waals surface area contributed by atoms with Gasteiger partial charge < -0.3 is 4.74 Å². The van der Waals surface area contributed by atoms with Crippen molar-refractivity contribution in [3.05, 3.63) is 65.2 Å². The Kier molecular flexibility index (Phi) is 5.57. The van der Waals surface area contributed by atoms with Crippen molar-refractivity contribution in [3.63, 3.8) is 0 Å². The van der Waals surface area contributed by atoms with Crippen LogP contribution in [0.25, 0.3) is 0 Å². The molecule has 0 bridgehead atoms. The molecule has 126 valence electrons. The summed E-state index contributed by atoms with van der Waals surface area (Å²) in [5.41, 5.74) is 2.42. The lowest BCUT2D eigenvalue weighted by Gasteiger charge is -2.08. The summed E-state index contributed by atoms with van der Waals surface area (Å²) in [4.78, 5) is 11.8. The minimum absolute atomic E-state index is 0.201. The van der Waals surface area contributed by atoms with Gasteiger partial charge in [0.15, 0.2) is 0 Å². The van der Waals surface area contributed by atoms with Crippen LogP contribution in [0.2, 0.25) is 0 Å². The van der Waals surface area contributed by atoms with E-state index in [1.165, 1.54) is 25.5 Å². The molecule has 2 aromatic carbocycles. The molecule has 0 aliphatic carbocycles. The summed E-state index contributed by atoms with van der Waals surface area (Å²) in [7, 11) is 1.51. The van der Waals surface area contributed by atoms with Crippen LogP contribution in [0.3, 0.4) is 0 Å². The molecule has 0 spiro atoms. The van der Waals surface area contributed by atoms with Gasteiger partial charge >= 0.3 is 6.18 Å². The zero-order valence-corrected chi connectivity index (χ0v) is 12.8. The van der Waals surface area contributed by atoms with Gasteiger partial charge in [-0.2, -0.15) is 18.3 Å². The van der Waals surface area contributed by atoms with Gasteiger partial charge in [-0.1, -0.05) is 30.3 Å². The van der Waals surface area contributed by atoms with E-state index in [2.05, 4.69) is 10.5 Å². The van der Waals surface area contributed by atoms with E-state index in [-0.39, 0.29) is 12.0 Å². The van der Waals surface area contributed by atoms with Gasteiger partial charge in [-0.3, -0.25) is 4.79 Å². The van der Waals surface area contributed by atoms with Crippen LogP contribution in [0.15, 0.2) is 53.6 Å². The molecule has 2 aromatic rings. The number of alkyl halides is 3. The molecule has 2 rings (SSSR count). The smallest absolute Gasteiger partial charge is 0.416 e. The van der Waals surface area contributed by atoms with Gasteiger partial charge in [0.2, 0.25) is 5.91 Å². The molecule has 0 unspecified atom stereocenters. The van der Waals surface area contributed by atoms with Crippen LogP contribution in [0.5, 0.6) is 5.75 Å². The van der Waals surface area contributed by atoms with E-state index in [9.17, 15) is 18.0 Å². The van der Waals surface area contributed by atoms with Crippen molar-refractivity contribution in [1.82, 2.24) is 5.43 Å². The summed E-state index contributed by atoms with van der Waals surface area (Å²) in [5, 5.41) is 3.79. The number of hydrazone groups is 1. The first-order chi connectivity index (χ1) is 11.4. The first kappa shape index (κ1) is 17.5. The number of carbonyl (C=O) groups is 1. The number of nitrogens with one attached hydrogen (secondary N) is 1. The fraction of sp³-hybridized carbons (Fsp3) is 0.176. The molecule has 7 heteroatoms. The van der Waals surface area contributed by atoms with Crippen LogP contribution in [-0.2, 0) is 17.4 Å². The number of methoxy groups -OCH3 is 1. The van der Waals surface area contributed by atoms with Crippen molar-refractivity contribution in [1.29, 1.82) is 0 Å².